The summed E-state index contributed by atoms with van der Waals surface area (Å²) in [5, 5.41) is 13.0. The summed E-state index contributed by atoms with van der Waals surface area (Å²) < 4.78 is 0. The second-order valence-corrected chi connectivity index (χ2v) is 13.8. The molecule has 0 unspecified atom stereocenters. The first-order valence-corrected chi connectivity index (χ1v) is 18.4. The van der Waals surface area contributed by atoms with Crippen LogP contribution < -0.4 is 0 Å². The van der Waals surface area contributed by atoms with Crippen LogP contribution in [0.4, 0.5) is 0 Å². The zero-order valence-electron chi connectivity index (χ0n) is 29.8. The van der Waals surface area contributed by atoms with Gasteiger partial charge in [-0.15, -0.1) is 0 Å². The van der Waals surface area contributed by atoms with Gasteiger partial charge in [-0.25, -0.2) is 15.0 Å². The normalized spacial score (nSPS) is 12.5. The molecule has 4 heteroatoms. The van der Waals surface area contributed by atoms with E-state index in [1.165, 1.54) is 0 Å². The molecule has 0 saturated carbocycles. The summed E-state index contributed by atoms with van der Waals surface area (Å²) in [6.45, 7) is 0. The lowest BCUT2D eigenvalue weighted by Crippen LogP contribution is -2.28. The quantitative estimate of drug-likeness (QED) is 0.173. The van der Waals surface area contributed by atoms with Gasteiger partial charge in [-0.1, -0.05) is 182 Å². The maximum absolute atomic E-state index is 10.7. The molecule has 1 aliphatic rings. The molecule has 0 N–H and O–H groups in total. The minimum atomic E-state index is -0.651. The molecule has 0 aliphatic heterocycles. The van der Waals surface area contributed by atoms with Crippen molar-refractivity contribution in [1.82, 2.24) is 15.0 Å². The van der Waals surface area contributed by atoms with Gasteiger partial charge in [0.15, 0.2) is 17.5 Å². The highest BCUT2D eigenvalue weighted by Gasteiger charge is 2.47. The molecule has 8 aromatic carbocycles. The highest BCUT2D eigenvalue weighted by molar-refractivity contribution is 6.00. The average molecular weight is 701 g/mol. The second-order valence-electron chi connectivity index (χ2n) is 13.8. The topological polar surface area (TPSA) is 62.5 Å². The number of hydrogen-bond acceptors (Lipinski definition) is 4. The van der Waals surface area contributed by atoms with Crippen molar-refractivity contribution < 1.29 is 0 Å². The Morgan fingerprint density at radius 1 is 0.382 bits per heavy atom. The molecule has 10 rings (SSSR count). The van der Waals surface area contributed by atoms with Gasteiger partial charge in [-0.05, 0) is 61.8 Å². The van der Waals surface area contributed by atoms with Crippen LogP contribution in [0.1, 0.15) is 27.8 Å². The van der Waals surface area contributed by atoms with E-state index in [0.717, 1.165) is 72.0 Å². The Labute approximate surface area is 319 Å². The van der Waals surface area contributed by atoms with Crippen molar-refractivity contribution in [2.45, 2.75) is 5.41 Å². The molecule has 0 saturated heterocycles. The average Bonchev–Trinajstić information content (AvgIpc) is 3.58. The van der Waals surface area contributed by atoms with Gasteiger partial charge in [0.25, 0.3) is 0 Å². The molecule has 55 heavy (non-hydrogen) atoms. The molecule has 9 aromatic rings. The molecule has 0 bridgehead atoms. The summed E-state index contributed by atoms with van der Waals surface area (Å²) in [6.07, 6.45) is 0. The predicted molar refractivity (Wildman–Crippen MR) is 221 cm³/mol. The Hall–Kier alpha value is -7.48. The lowest BCUT2D eigenvalue weighted by atomic mass is 9.67. The number of rotatable bonds is 6. The van der Waals surface area contributed by atoms with Crippen molar-refractivity contribution in [3.05, 3.63) is 222 Å². The SMILES string of the molecule is N#Cc1cccc2c1-c1c(-c3ccccc3-c3nc(-c4ccccc4)nc(-c4ccc5ccccc5c4)n3)cccc1C2(c1ccccc1)c1ccccc1. The van der Waals surface area contributed by atoms with E-state index in [1.54, 1.807) is 0 Å². The Morgan fingerprint density at radius 2 is 0.909 bits per heavy atom. The minimum absolute atomic E-state index is 0.578. The smallest absolute Gasteiger partial charge is 0.164 e. The van der Waals surface area contributed by atoms with Crippen molar-refractivity contribution in [2.75, 3.05) is 0 Å². The molecule has 0 atom stereocenters. The summed E-state index contributed by atoms with van der Waals surface area (Å²) in [5.41, 5.74) is 11.2. The van der Waals surface area contributed by atoms with E-state index in [9.17, 15) is 5.26 Å². The molecular formula is C51H32N4. The maximum atomic E-state index is 10.7. The zero-order valence-corrected chi connectivity index (χ0v) is 29.8. The number of aromatic nitrogens is 3. The van der Waals surface area contributed by atoms with Crippen LogP contribution in [0.2, 0.25) is 0 Å². The molecule has 256 valence electrons. The van der Waals surface area contributed by atoms with Crippen molar-refractivity contribution >= 4 is 10.8 Å². The van der Waals surface area contributed by atoms with Gasteiger partial charge in [0.1, 0.15) is 0 Å². The highest BCUT2D eigenvalue weighted by Crippen LogP contribution is 2.59. The van der Waals surface area contributed by atoms with Crippen molar-refractivity contribution in [1.29, 1.82) is 5.26 Å². The van der Waals surface area contributed by atoms with E-state index < -0.39 is 5.41 Å². The highest BCUT2D eigenvalue weighted by atomic mass is 15.0. The number of fused-ring (bicyclic) bond motifs is 4. The van der Waals surface area contributed by atoms with Gasteiger partial charge >= 0.3 is 0 Å². The second kappa shape index (κ2) is 13.2. The molecule has 1 heterocycles. The Balaban J connectivity index is 1.25. The van der Waals surface area contributed by atoms with E-state index in [0.29, 0.717) is 23.0 Å². The summed E-state index contributed by atoms with van der Waals surface area (Å²) in [4.78, 5) is 15.4. The van der Waals surface area contributed by atoms with E-state index in [-0.39, 0.29) is 0 Å². The van der Waals surface area contributed by atoms with Gasteiger partial charge < -0.3 is 0 Å². The molecule has 0 fully saturated rings. The number of hydrogen-bond donors (Lipinski definition) is 0. The van der Waals surface area contributed by atoms with E-state index in [1.807, 2.05) is 48.5 Å². The molecule has 1 aliphatic carbocycles. The number of benzene rings is 8. The van der Waals surface area contributed by atoms with Gasteiger partial charge in [0.05, 0.1) is 17.0 Å². The summed E-state index contributed by atoms with van der Waals surface area (Å²) in [5.74, 6) is 1.78. The van der Waals surface area contributed by atoms with Crippen molar-refractivity contribution in [3.8, 4) is 62.5 Å². The van der Waals surface area contributed by atoms with Crippen LogP contribution in [-0.4, -0.2) is 15.0 Å². The fourth-order valence-electron chi connectivity index (χ4n) is 8.48. The Bertz CT molecular complexity index is 2890. The lowest BCUT2D eigenvalue weighted by molar-refractivity contribution is 0.768. The Morgan fingerprint density at radius 3 is 1.60 bits per heavy atom. The van der Waals surface area contributed by atoms with Crippen LogP contribution in [0.15, 0.2) is 194 Å². The van der Waals surface area contributed by atoms with Crippen LogP contribution >= 0.6 is 0 Å². The first kappa shape index (κ1) is 32.2. The third-order valence-electron chi connectivity index (χ3n) is 10.9. The van der Waals surface area contributed by atoms with Gasteiger partial charge in [-0.3, -0.25) is 0 Å². The van der Waals surface area contributed by atoms with Gasteiger partial charge in [0, 0.05) is 22.3 Å². The van der Waals surface area contributed by atoms with Crippen molar-refractivity contribution in [3.63, 3.8) is 0 Å². The van der Waals surface area contributed by atoms with Crippen LogP contribution in [-0.2, 0) is 5.41 Å². The number of nitrogens with zero attached hydrogens (tertiary/aromatic N) is 4. The van der Waals surface area contributed by atoms with Gasteiger partial charge in [0.2, 0.25) is 0 Å². The summed E-state index contributed by atoms with van der Waals surface area (Å²) >= 11 is 0. The largest absolute Gasteiger partial charge is 0.208 e. The van der Waals surface area contributed by atoms with Crippen LogP contribution in [0.5, 0.6) is 0 Å². The van der Waals surface area contributed by atoms with Crippen molar-refractivity contribution in [2.24, 2.45) is 0 Å². The molecule has 0 spiro atoms. The molecule has 0 radical (unpaired) electrons. The minimum Gasteiger partial charge on any atom is -0.208 e. The first-order valence-electron chi connectivity index (χ1n) is 18.4. The predicted octanol–water partition coefficient (Wildman–Crippen LogP) is 11.9. The van der Waals surface area contributed by atoms with E-state index in [4.69, 9.17) is 15.0 Å². The summed E-state index contributed by atoms with van der Waals surface area (Å²) in [6, 6.07) is 69.7. The molecule has 4 nitrogen and oxygen atoms in total. The van der Waals surface area contributed by atoms with E-state index in [2.05, 4.69) is 152 Å². The standard InChI is InChI=1S/C51H32N4/c52-33-38-20-14-28-44-46(38)47-42(27-15-29-45(47)51(44,39-21-6-2-7-22-39)40-23-8-3-9-24-40)41-25-12-13-26-43(41)50-54-48(35-17-4-1-5-18-35)53-49(55-50)37-31-30-34-16-10-11-19-36(34)32-37/h1-32H. The maximum Gasteiger partial charge on any atom is 0.164 e. The third kappa shape index (κ3) is 5.17. The molecule has 1 aromatic heterocycles. The number of nitriles is 1. The Kier molecular flexibility index (Phi) is 7.71. The van der Waals surface area contributed by atoms with Crippen LogP contribution in [0.25, 0.3) is 67.2 Å². The summed E-state index contributed by atoms with van der Waals surface area (Å²) in [7, 11) is 0. The zero-order chi connectivity index (χ0) is 36.8. The van der Waals surface area contributed by atoms with E-state index >= 15 is 0 Å². The van der Waals surface area contributed by atoms with Crippen LogP contribution in [0.3, 0.4) is 0 Å². The lowest BCUT2D eigenvalue weighted by Gasteiger charge is -2.34. The fraction of sp³-hybridized carbons (Fsp3) is 0.0196. The molecular weight excluding hydrogens is 669 g/mol. The van der Waals surface area contributed by atoms with Gasteiger partial charge in [-0.2, -0.15) is 5.26 Å². The fourth-order valence-corrected chi connectivity index (χ4v) is 8.48. The third-order valence-corrected chi connectivity index (χ3v) is 10.9. The molecule has 0 amide bonds. The first-order chi connectivity index (χ1) is 27.2. The monoisotopic (exact) mass is 700 g/mol. The van der Waals surface area contributed by atoms with Crippen LogP contribution in [0, 0.1) is 11.3 Å².